The molecule has 18 heavy (non-hydrogen) atoms. The first-order valence-corrected chi connectivity index (χ1v) is 6.77. The van der Waals surface area contributed by atoms with Crippen LogP contribution in [-0.4, -0.2) is 25.3 Å². The van der Waals surface area contributed by atoms with E-state index in [-0.39, 0.29) is 5.54 Å². The van der Waals surface area contributed by atoms with E-state index in [4.69, 9.17) is 4.74 Å². The third-order valence-corrected chi connectivity index (χ3v) is 3.01. The molecule has 0 atom stereocenters. The molecule has 0 amide bonds. The van der Waals surface area contributed by atoms with Gasteiger partial charge in [0.1, 0.15) is 0 Å². The molecule has 0 aliphatic carbocycles. The maximum Gasteiger partial charge on any atom is 0.0591 e. The summed E-state index contributed by atoms with van der Waals surface area (Å²) < 4.78 is 5.64. The van der Waals surface area contributed by atoms with Crippen molar-refractivity contribution >= 4 is 0 Å². The summed E-state index contributed by atoms with van der Waals surface area (Å²) in [6, 6.07) is 6.64. The number of hydrogen-bond acceptors (Lipinski definition) is 2. The molecule has 0 fully saturated rings. The number of ether oxygens (including phenoxy) is 1. The van der Waals surface area contributed by atoms with E-state index >= 15 is 0 Å². The van der Waals surface area contributed by atoms with Gasteiger partial charge in [0.05, 0.1) is 13.2 Å². The maximum absolute atomic E-state index is 5.64. The summed E-state index contributed by atoms with van der Waals surface area (Å²) in [5.41, 5.74) is 4.26. The summed E-state index contributed by atoms with van der Waals surface area (Å²) >= 11 is 0. The van der Waals surface area contributed by atoms with Crippen molar-refractivity contribution in [1.82, 2.24) is 5.32 Å². The van der Waals surface area contributed by atoms with Gasteiger partial charge in [-0.1, -0.05) is 18.2 Å². The highest BCUT2D eigenvalue weighted by Gasteiger charge is 2.06. The molecular formula is C16H27NO. The van der Waals surface area contributed by atoms with Gasteiger partial charge in [-0.25, -0.2) is 0 Å². The van der Waals surface area contributed by atoms with Gasteiger partial charge >= 0.3 is 0 Å². The SMILES string of the molecule is Cc1ccc(CCOCCNC(C)(C)C)cc1C. The third-order valence-electron chi connectivity index (χ3n) is 3.01. The fourth-order valence-electron chi connectivity index (χ4n) is 1.75. The molecule has 0 radical (unpaired) electrons. The fourth-order valence-corrected chi connectivity index (χ4v) is 1.75. The summed E-state index contributed by atoms with van der Waals surface area (Å²) in [6.45, 7) is 13.3. The molecule has 1 N–H and O–H groups in total. The van der Waals surface area contributed by atoms with E-state index < -0.39 is 0 Å². The van der Waals surface area contributed by atoms with Crippen LogP contribution in [0, 0.1) is 13.8 Å². The minimum Gasteiger partial charge on any atom is -0.380 e. The Hall–Kier alpha value is -0.860. The Morgan fingerprint density at radius 3 is 2.39 bits per heavy atom. The monoisotopic (exact) mass is 249 g/mol. The molecule has 0 spiro atoms. The van der Waals surface area contributed by atoms with E-state index in [1.54, 1.807) is 0 Å². The molecule has 0 saturated carbocycles. The molecule has 1 aromatic carbocycles. The second kappa shape index (κ2) is 6.91. The van der Waals surface area contributed by atoms with E-state index in [1.165, 1.54) is 16.7 Å². The number of aryl methyl sites for hydroxylation is 2. The van der Waals surface area contributed by atoms with Crippen molar-refractivity contribution in [2.75, 3.05) is 19.8 Å². The van der Waals surface area contributed by atoms with Gasteiger partial charge in [-0.15, -0.1) is 0 Å². The Kier molecular flexibility index (Phi) is 5.83. The van der Waals surface area contributed by atoms with Crippen LogP contribution in [0.1, 0.15) is 37.5 Å². The minimum absolute atomic E-state index is 0.178. The molecule has 102 valence electrons. The summed E-state index contributed by atoms with van der Waals surface area (Å²) in [7, 11) is 0. The Labute approximate surface area is 112 Å². The van der Waals surface area contributed by atoms with Crippen LogP contribution in [-0.2, 0) is 11.2 Å². The van der Waals surface area contributed by atoms with Crippen LogP contribution in [0.15, 0.2) is 18.2 Å². The molecule has 0 unspecified atom stereocenters. The van der Waals surface area contributed by atoms with Gasteiger partial charge in [-0.3, -0.25) is 0 Å². The van der Waals surface area contributed by atoms with Gasteiger partial charge in [0, 0.05) is 12.1 Å². The van der Waals surface area contributed by atoms with Crippen LogP contribution in [0.2, 0.25) is 0 Å². The average molecular weight is 249 g/mol. The van der Waals surface area contributed by atoms with Crippen LogP contribution in [0.5, 0.6) is 0 Å². The summed E-state index contributed by atoms with van der Waals surface area (Å²) in [4.78, 5) is 0. The quantitative estimate of drug-likeness (QED) is 0.781. The first-order valence-electron chi connectivity index (χ1n) is 6.77. The zero-order valence-electron chi connectivity index (χ0n) is 12.5. The van der Waals surface area contributed by atoms with E-state index in [0.29, 0.717) is 0 Å². The van der Waals surface area contributed by atoms with Crippen LogP contribution >= 0.6 is 0 Å². The van der Waals surface area contributed by atoms with E-state index in [2.05, 4.69) is 58.1 Å². The largest absolute Gasteiger partial charge is 0.380 e. The first-order chi connectivity index (χ1) is 8.38. The van der Waals surface area contributed by atoms with Gasteiger partial charge in [0.2, 0.25) is 0 Å². The van der Waals surface area contributed by atoms with Crippen molar-refractivity contribution in [3.8, 4) is 0 Å². The summed E-state index contributed by atoms with van der Waals surface area (Å²) in [6.07, 6.45) is 0.997. The van der Waals surface area contributed by atoms with Gasteiger partial charge in [0.25, 0.3) is 0 Å². The Morgan fingerprint density at radius 2 is 1.78 bits per heavy atom. The zero-order valence-corrected chi connectivity index (χ0v) is 12.5. The number of hydrogen-bond donors (Lipinski definition) is 1. The standard InChI is InChI=1S/C16H27NO/c1-13-6-7-15(12-14(13)2)8-10-18-11-9-17-16(3,4)5/h6-7,12,17H,8-11H2,1-5H3. The van der Waals surface area contributed by atoms with Crippen molar-refractivity contribution in [3.05, 3.63) is 34.9 Å². The highest BCUT2D eigenvalue weighted by molar-refractivity contribution is 5.29. The Morgan fingerprint density at radius 1 is 1.06 bits per heavy atom. The van der Waals surface area contributed by atoms with Crippen molar-refractivity contribution in [3.63, 3.8) is 0 Å². The van der Waals surface area contributed by atoms with E-state index in [1.807, 2.05) is 0 Å². The lowest BCUT2D eigenvalue weighted by Crippen LogP contribution is -2.38. The molecule has 0 saturated heterocycles. The molecule has 0 bridgehead atoms. The highest BCUT2D eigenvalue weighted by atomic mass is 16.5. The van der Waals surface area contributed by atoms with Crippen LogP contribution in [0.3, 0.4) is 0 Å². The third kappa shape index (κ3) is 6.18. The number of nitrogens with one attached hydrogen (secondary N) is 1. The Balaban J connectivity index is 2.16. The lowest BCUT2D eigenvalue weighted by Gasteiger charge is -2.20. The molecule has 0 heterocycles. The van der Waals surface area contributed by atoms with Gasteiger partial charge in [-0.2, -0.15) is 0 Å². The normalized spacial score (nSPS) is 11.8. The van der Waals surface area contributed by atoms with Crippen molar-refractivity contribution < 1.29 is 4.74 Å². The van der Waals surface area contributed by atoms with Gasteiger partial charge < -0.3 is 10.1 Å². The topological polar surface area (TPSA) is 21.3 Å². The molecule has 0 aliphatic heterocycles. The molecule has 0 aromatic heterocycles. The van der Waals surface area contributed by atoms with Crippen molar-refractivity contribution in [2.45, 2.75) is 46.6 Å². The minimum atomic E-state index is 0.178. The lowest BCUT2D eigenvalue weighted by molar-refractivity contribution is 0.133. The Bertz CT molecular complexity index is 366. The van der Waals surface area contributed by atoms with E-state index in [0.717, 1.165) is 26.2 Å². The lowest BCUT2D eigenvalue weighted by atomic mass is 10.0. The van der Waals surface area contributed by atoms with Crippen LogP contribution < -0.4 is 5.32 Å². The molecule has 2 nitrogen and oxygen atoms in total. The predicted molar refractivity (Wildman–Crippen MR) is 78.2 cm³/mol. The number of rotatable bonds is 6. The molecule has 1 rings (SSSR count). The van der Waals surface area contributed by atoms with Crippen molar-refractivity contribution in [2.24, 2.45) is 0 Å². The first kappa shape index (κ1) is 15.2. The van der Waals surface area contributed by atoms with Gasteiger partial charge in [0.15, 0.2) is 0 Å². The van der Waals surface area contributed by atoms with Crippen LogP contribution in [0.4, 0.5) is 0 Å². The molecule has 2 heteroatoms. The summed E-state index contributed by atoms with van der Waals surface area (Å²) in [5, 5.41) is 3.41. The van der Waals surface area contributed by atoms with Crippen molar-refractivity contribution in [1.29, 1.82) is 0 Å². The van der Waals surface area contributed by atoms with Crippen LogP contribution in [0.25, 0.3) is 0 Å². The molecular weight excluding hydrogens is 222 g/mol. The fraction of sp³-hybridized carbons (Fsp3) is 0.625. The molecule has 0 aliphatic rings. The highest BCUT2D eigenvalue weighted by Crippen LogP contribution is 2.10. The molecule has 1 aromatic rings. The average Bonchev–Trinajstić information content (AvgIpc) is 2.26. The second-order valence-electron chi connectivity index (χ2n) is 5.96. The predicted octanol–water partition coefficient (Wildman–Crippen LogP) is 3.25. The van der Waals surface area contributed by atoms with E-state index in [9.17, 15) is 0 Å². The smallest absolute Gasteiger partial charge is 0.0591 e. The second-order valence-corrected chi connectivity index (χ2v) is 5.96. The zero-order chi connectivity index (χ0) is 13.6. The number of benzene rings is 1. The maximum atomic E-state index is 5.64. The summed E-state index contributed by atoms with van der Waals surface area (Å²) in [5.74, 6) is 0. The van der Waals surface area contributed by atoms with Gasteiger partial charge in [-0.05, 0) is 57.7 Å².